The van der Waals surface area contributed by atoms with Crippen LogP contribution in [-0.2, 0) is 21.8 Å². The van der Waals surface area contributed by atoms with Gasteiger partial charge in [-0.25, -0.2) is 8.42 Å². The minimum absolute atomic E-state index is 0. The van der Waals surface area contributed by atoms with Crippen LogP contribution in [0.5, 0.6) is 0 Å². The van der Waals surface area contributed by atoms with Gasteiger partial charge < -0.3 is 10.6 Å². The molecule has 0 atom stereocenters. The van der Waals surface area contributed by atoms with Crippen molar-refractivity contribution in [2.24, 2.45) is 4.99 Å². The number of nitrogens with one attached hydrogen (secondary N) is 2. The van der Waals surface area contributed by atoms with Crippen molar-refractivity contribution in [3.63, 3.8) is 0 Å². The van der Waals surface area contributed by atoms with E-state index in [4.69, 9.17) is 0 Å². The van der Waals surface area contributed by atoms with Crippen LogP contribution < -0.4 is 10.6 Å². The molecule has 5 nitrogen and oxygen atoms in total. The zero-order valence-electron chi connectivity index (χ0n) is 18.5. The first-order valence-corrected chi connectivity index (χ1v) is 11.9. The van der Waals surface area contributed by atoms with Crippen LogP contribution in [0.2, 0.25) is 0 Å². The largest absolute Gasteiger partial charge is 0.356 e. The van der Waals surface area contributed by atoms with Crippen LogP contribution >= 0.6 is 24.0 Å². The molecular formula is C23H34IN3O2S. The Morgan fingerprint density at radius 2 is 1.67 bits per heavy atom. The van der Waals surface area contributed by atoms with Gasteiger partial charge in [0.2, 0.25) is 0 Å². The highest BCUT2D eigenvalue weighted by molar-refractivity contribution is 14.0. The summed E-state index contributed by atoms with van der Waals surface area (Å²) in [4.78, 5) is 4.72. The van der Waals surface area contributed by atoms with Gasteiger partial charge in [0, 0.05) is 31.8 Å². The van der Waals surface area contributed by atoms with Crippen molar-refractivity contribution in [1.82, 2.24) is 10.6 Å². The zero-order valence-corrected chi connectivity index (χ0v) is 21.7. The molecule has 0 bridgehead atoms. The maximum Gasteiger partial charge on any atom is 0.191 e. The van der Waals surface area contributed by atoms with Crippen molar-refractivity contribution in [2.75, 3.05) is 19.8 Å². The third-order valence-electron chi connectivity index (χ3n) is 5.66. The smallest absolute Gasteiger partial charge is 0.191 e. The predicted octanol–water partition coefficient (Wildman–Crippen LogP) is 4.44. The molecule has 0 saturated heterocycles. The minimum Gasteiger partial charge on any atom is -0.356 e. The summed E-state index contributed by atoms with van der Waals surface area (Å²) in [5.41, 5.74) is 3.15. The molecule has 2 aromatic carbocycles. The molecule has 2 rings (SSSR count). The molecular weight excluding hydrogens is 509 g/mol. The molecule has 2 aromatic rings. The first kappa shape index (κ1) is 26.4. The summed E-state index contributed by atoms with van der Waals surface area (Å²) in [6.45, 7) is 7.63. The van der Waals surface area contributed by atoms with E-state index >= 15 is 0 Å². The average molecular weight is 544 g/mol. The lowest BCUT2D eigenvalue weighted by atomic mass is 9.76. The number of hydrogen-bond donors (Lipinski definition) is 2. The van der Waals surface area contributed by atoms with Crippen molar-refractivity contribution < 1.29 is 8.42 Å². The van der Waals surface area contributed by atoms with Crippen LogP contribution in [0.15, 0.2) is 58.4 Å². The molecule has 0 aliphatic rings. The van der Waals surface area contributed by atoms with E-state index in [1.165, 1.54) is 11.8 Å². The third kappa shape index (κ3) is 6.70. The second kappa shape index (κ2) is 11.7. The number of rotatable bonds is 8. The Morgan fingerprint density at radius 1 is 1.03 bits per heavy atom. The second-order valence-corrected chi connectivity index (χ2v) is 9.49. The molecule has 0 heterocycles. The molecule has 0 unspecified atom stereocenters. The molecule has 0 fully saturated rings. The number of sulfone groups is 1. The third-order valence-corrected chi connectivity index (χ3v) is 6.91. The highest BCUT2D eigenvalue weighted by Gasteiger charge is 2.28. The summed E-state index contributed by atoms with van der Waals surface area (Å²) in [6, 6.07) is 16.0. The van der Waals surface area contributed by atoms with Gasteiger partial charge in [-0.15, -0.1) is 24.0 Å². The number of aryl methyl sites for hydroxylation is 1. The fourth-order valence-electron chi connectivity index (χ4n) is 3.70. The van der Waals surface area contributed by atoms with E-state index < -0.39 is 9.84 Å². The van der Waals surface area contributed by atoms with E-state index in [-0.39, 0.29) is 29.4 Å². The van der Waals surface area contributed by atoms with Gasteiger partial charge in [0.15, 0.2) is 15.8 Å². The van der Waals surface area contributed by atoms with Crippen LogP contribution in [0.25, 0.3) is 0 Å². The predicted molar refractivity (Wildman–Crippen MR) is 137 cm³/mol. The maximum atomic E-state index is 11.8. The Kier molecular flexibility index (Phi) is 10.3. The van der Waals surface area contributed by atoms with E-state index in [0.717, 1.165) is 36.5 Å². The van der Waals surface area contributed by atoms with Gasteiger partial charge in [-0.2, -0.15) is 0 Å². The summed E-state index contributed by atoms with van der Waals surface area (Å²) in [5, 5.41) is 6.81. The fraction of sp³-hybridized carbons (Fsp3) is 0.435. The molecule has 2 N–H and O–H groups in total. The van der Waals surface area contributed by atoms with Crippen molar-refractivity contribution >= 4 is 39.8 Å². The lowest BCUT2D eigenvalue weighted by Gasteiger charge is -2.33. The summed E-state index contributed by atoms with van der Waals surface area (Å²) in [7, 11) is -1.44. The zero-order chi connectivity index (χ0) is 21.5. The van der Waals surface area contributed by atoms with Gasteiger partial charge in [-0.3, -0.25) is 4.99 Å². The Bertz CT molecular complexity index is 940. The fourth-order valence-corrected chi connectivity index (χ4v) is 4.66. The van der Waals surface area contributed by atoms with Crippen LogP contribution in [0.3, 0.4) is 0 Å². The number of aliphatic imine (C=N–C) groups is 1. The number of guanidine groups is 1. The highest BCUT2D eigenvalue weighted by atomic mass is 127. The van der Waals surface area contributed by atoms with Gasteiger partial charge in [-0.1, -0.05) is 56.3 Å². The molecule has 30 heavy (non-hydrogen) atoms. The molecule has 0 amide bonds. The van der Waals surface area contributed by atoms with E-state index in [0.29, 0.717) is 11.4 Å². The normalized spacial score (nSPS) is 12.2. The molecule has 0 saturated carbocycles. The molecule has 7 heteroatoms. The van der Waals surface area contributed by atoms with Gasteiger partial charge in [-0.05, 0) is 42.5 Å². The van der Waals surface area contributed by atoms with Crippen molar-refractivity contribution in [3.8, 4) is 0 Å². The summed E-state index contributed by atoms with van der Waals surface area (Å²) in [5.74, 6) is 0.733. The lowest BCUT2D eigenvalue weighted by Crippen LogP contribution is -2.45. The monoisotopic (exact) mass is 543 g/mol. The van der Waals surface area contributed by atoms with Gasteiger partial charge in [0.05, 0.1) is 4.90 Å². The molecule has 0 radical (unpaired) electrons. The quantitative estimate of drug-likeness (QED) is 0.294. The van der Waals surface area contributed by atoms with E-state index in [1.54, 1.807) is 13.1 Å². The first-order valence-electron chi connectivity index (χ1n) is 10.1. The van der Waals surface area contributed by atoms with Gasteiger partial charge in [0.1, 0.15) is 0 Å². The van der Waals surface area contributed by atoms with E-state index in [9.17, 15) is 8.42 Å². The second-order valence-electron chi connectivity index (χ2n) is 7.50. The number of benzene rings is 2. The SMILES string of the molecule is CCC(CC)(CNC(=NC)NCc1ccc(S(C)(=O)=O)c(C)c1)c1ccccc1.I. The maximum absolute atomic E-state index is 11.8. The standard InChI is InChI=1S/C23H33N3O2S.HI/c1-6-23(7-2,20-11-9-8-10-12-20)17-26-22(24-4)25-16-19-13-14-21(18(3)15-19)29(5,27)28;/h8-15H,6-7,16-17H2,1-5H3,(H2,24,25,26);1H. The first-order chi connectivity index (χ1) is 13.8. The number of nitrogens with zero attached hydrogens (tertiary/aromatic N) is 1. The lowest BCUT2D eigenvalue weighted by molar-refractivity contribution is 0.389. The molecule has 0 aliphatic carbocycles. The van der Waals surface area contributed by atoms with Crippen molar-refractivity contribution in [3.05, 3.63) is 65.2 Å². The molecule has 166 valence electrons. The van der Waals surface area contributed by atoms with E-state index in [2.05, 4.69) is 53.7 Å². The molecule has 0 spiro atoms. The average Bonchev–Trinajstić information content (AvgIpc) is 2.71. The Balaban J connectivity index is 0.00000450. The van der Waals surface area contributed by atoms with Crippen LogP contribution in [0, 0.1) is 6.92 Å². The summed E-state index contributed by atoms with van der Waals surface area (Å²) in [6.07, 6.45) is 3.30. The van der Waals surface area contributed by atoms with Gasteiger partial charge >= 0.3 is 0 Å². The Labute approximate surface area is 198 Å². The van der Waals surface area contributed by atoms with E-state index in [1.807, 2.05) is 25.1 Å². The molecule has 0 aliphatic heterocycles. The van der Waals surface area contributed by atoms with Gasteiger partial charge in [0.25, 0.3) is 0 Å². The summed E-state index contributed by atoms with van der Waals surface area (Å²) < 4.78 is 23.6. The number of halogens is 1. The Morgan fingerprint density at radius 3 is 2.17 bits per heavy atom. The highest BCUT2D eigenvalue weighted by Crippen LogP contribution is 2.30. The summed E-state index contributed by atoms with van der Waals surface area (Å²) >= 11 is 0. The Hall–Kier alpha value is -1.61. The molecule has 0 aromatic heterocycles. The topological polar surface area (TPSA) is 70.6 Å². The van der Waals surface area contributed by atoms with Crippen LogP contribution in [-0.4, -0.2) is 34.2 Å². The minimum atomic E-state index is -3.20. The van der Waals surface area contributed by atoms with Crippen LogP contribution in [0.4, 0.5) is 0 Å². The van der Waals surface area contributed by atoms with Crippen molar-refractivity contribution in [2.45, 2.75) is 50.5 Å². The number of hydrogen-bond acceptors (Lipinski definition) is 3. The van der Waals surface area contributed by atoms with Crippen LogP contribution in [0.1, 0.15) is 43.4 Å². The van der Waals surface area contributed by atoms with Crippen molar-refractivity contribution in [1.29, 1.82) is 0 Å².